The summed E-state index contributed by atoms with van der Waals surface area (Å²) in [7, 11) is 0. The highest BCUT2D eigenvalue weighted by molar-refractivity contribution is 9.10. The number of rotatable bonds is 3. The van der Waals surface area contributed by atoms with Gasteiger partial charge in [-0.3, -0.25) is 4.79 Å². The molecule has 1 amide bonds. The fourth-order valence-electron chi connectivity index (χ4n) is 3.16. The van der Waals surface area contributed by atoms with Gasteiger partial charge in [-0.05, 0) is 58.5 Å². The molecule has 6 heteroatoms. The molecule has 0 saturated heterocycles. The molecule has 1 aliphatic heterocycles. The Morgan fingerprint density at radius 3 is 2.92 bits per heavy atom. The van der Waals surface area contributed by atoms with E-state index in [-0.39, 0.29) is 24.3 Å². The quantitative estimate of drug-likeness (QED) is 0.629. The molecule has 1 saturated carbocycles. The highest BCUT2D eigenvalue weighted by Gasteiger charge is 2.24. The summed E-state index contributed by atoms with van der Waals surface area (Å²) in [5.41, 5.74) is 0.813. The Hall–Kier alpha value is -2.00. The Kier molecular flexibility index (Phi) is 5.10. The van der Waals surface area contributed by atoms with E-state index in [0.29, 0.717) is 17.4 Å². The van der Waals surface area contributed by atoms with Crippen LogP contribution < -0.4 is 14.8 Å². The van der Waals surface area contributed by atoms with E-state index in [1.54, 1.807) is 18.2 Å². The molecule has 3 rings (SSSR count). The predicted molar refractivity (Wildman–Crippen MR) is 93.4 cm³/mol. The largest absolute Gasteiger partial charge is 0.454 e. The molecule has 1 N–H and O–H groups in total. The van der Waals surface area contributed by atoms with E-state index in [0.717, 1.165) is 29.3 Å². The zero-order valence-electron chi connectivity index (χ0n) is 13.5. The summed E-state index contributed by atoms with van der Waals surface area (Å²) in [6, 6.07) is 5.72. The molecule has 0 radical (unpaired) electrons. The summed E-state index contributed by atoms with van der Waals surface area (Å²) in [5.74, 6) is 1.38. The van der Waals surface area contributed by atoms with Crippen LogP contribution in [0.2, 0.25) is 0 Å². The molecule has 1 aliphatic carbocycles. The van der Waals surface area contributed by atoms with Crippen molar-refractivity contribution < 1.29 is 14.3 Å². The van der Waals surface area contributed by atoms with E-state index in [2.05, 4.69) is 28.2 Å². The predicted octanol–water partition coefficient (Wildman–Crippen LogP) is 3.78. The summed E-state index contributed by atoms with van der Waals surface area (Å²) in [5, 5.41) is 12.4. The number of carbonyl (C=O) groups excluding carboxylic acids is 1. The minimum Gasteiger partial charge on any atom is -0.454 e. The third-order valence-electron chi connectivity index (χ3n) is 4.55. The van der Waals surface area contributed by atoms with Crippen LogP contribution in [0.3, 0.4) is 0 Å². The fourth-order valence-corrected chi connectivity index (χ4v) is 3.74. The van der Waals surface area contributed by atoms with Gasteiger partial charge in [-0.15, -0.1) is 0 Å². The number of halogens is 1. The molecule has 0 spiro atoms. The SMILES string of the molecule is C[C@H]1CCCC[C@H]1NC(=O)/C(C#N)=C\c1cc(Br)c2c(c1)OCO2. The lowest BCUT2D eigenvalue weighted by Gasteiger charge is -2.29. The van der Waals surface area contributed by atoms with Crippen molar-refractivity contribution >= 4 is 27.9 Å². The molecule has 2 aliphatic rings. The average molecular weight is 391 g/mol. The number of amides is 1. The summed E-state index contributed by atoms with van der Waals surface area (Å²) < 4.78 is 11.4. The first-order valence-electron chi connectivity index (χ1n) is 8.10. The fraction of sp³-hybridized carbons (Fsp3) is 0.444. The normalized spacial score (nSPS) is 22.8. The van der Waals surface area contributed by atoms with E-state index in [1.165, 1.54) is 6.42 Å². The second-order valence-electron chi connectivity index (χ2n) is 6.25. The van der Waals surface area contributed by atoms with Crippen molar-refractivity contribution in [3.63, 3.8) is 0 Å². The maximum atomic E-state index is 12.4. The molecule has 1 fully saturated rings. The van der Waals surface area contributed by atoms with E-state index in [4.69, 9.17) is 9.47 Å². The summed E-state index contributed by atoms with van der Waals surface area (Å²) >= 11 is 3.42. The van der Waals surface area contributed by atoms with Gasteiger partial charge in [0.05, 0.1) is 4.47 Å². The van der Waals surface area contributed by atoms with Crippen LogP contribution in [0, 0.1) is 17.2 Å². The first kappa shape index (κ1) is 16.8. The Morgan fingerprint density at radius 1 is 1.38 bits per heavy atom. The van der Waals surface area contributed by atoms with E-state index in [1.807, 2.05) is 6.07 Å². The van der Waals surface area contributed by atoms with Crippen LogP contribution in [0.4, 0.5) is 0 Å². The molecule has 24 heavy (non-hydrogen) atoms. The monoisotopic (exact) mass is 390 g/mol. The molecule has 0 unspecified atom stereocenters. The molecule has 1 aromatic carbocycles. The summed E-state index contributed by atoms with van der Waals surface area (Å²) in [6.07, 6.45) is 6.00. The van der Waals surface area contributed by atoms with Gasteiger partial charge in [0.1, 0.15) is 11.6 Å². The van der Waals surface area contributed by atoms with Gasteiger partial charge in [-0.25, -0.2) is 0 Å². The van der Waals surface area contributed by atoms with E-state index in [9.17, 15) is 10.1 Å². The van der Waals surface area contributed by atoms with Crippen LogP contribution in [0.1, 0.15) is 38.2 Å². The van der Waals surface area contributed by atoms with Crippen molar-refractivity contribution in [2.75, 3.05) is 6.79 Å². The topological polar surface area (TPSA) is 71.4 Å². The number of ether oxygens (including phenoxy) is 2. The van der Waals surface area contributed by atoms with Crippen LogP contribution in [0.15, 0.2) is 22.2 Å². The highest BCUT2D eigenvalue weighted by Crippen LogP contribution is 2.40. The van der Waals surface area contributed by atoms with Crippen molar-refractivity contribution in [1.29, 1.82) is 5.26 Å². The van der Waals surface area contributed by atoms with Crippen molar-refractivity contribution in [3.05, 3.63) is 27.7 Å². The molecule has 2 atom stereocenters. The third kappa shape index (κ3) is 3.57. The summed E-state index contributed by atoms with van der Waals surface area (Å²) in [6.45, 7) is 2.32. The van der Waals surface area contributed by atoms with Crippen molar-refractivity contribution in [3.8, 4) is 17.6 Å². The van der Waals surface area contributed by atoms with Gasteiger partial charge in [-0.1, -0.05) is 19.8 Å². The number of fused-ring (bicyclic) bond motifs is 1. The van der Waals surface area contributed by atoms with Crippen LogP contribution in [0.25, 0.3) is 6.08 Å². The minimum absolute atomic E-state index is 0.0959. The Labute approximate surface area is 149 Å². The smallest absolute Gasteiger partial charge is 0.262 e. The number of nitrogens with one attached hydrogen (secondary N) is 1. The first-order chi connectivity index (χ1) is 11.6. The van der Waals surface area contributed by atoms with Crippen LogP contribution in [-0.4, -0.2) is 18.7 Å². The molecule has 0 aromatic heterocycles. The first-order valence-corrected chi connectivity index (χ1v) is 8.89. The number of hydrogen-bond donors (Lipinski definition) is 1. The zero-order chi connectivity index (χ0) is 17.1. The number of carbonyl (C=O) groups is 1. The van der Waals surface area contributed by atoms with E-state index < -0.39 is 0 Å². The van der Waals surface area contributed by atoms with Gasteiger partial charge in [0.2, 0.25) is 6.79 Å². The lowest BCUT2D eigenvalue weighted by molar-refractivity contribution is -0.118. The average Bonchev–Trinajstić information content (AvgIpc) is 3.03. The summed E-state index contributed by atoms with van der Waals surface area (Å²) in [4.78, 5) is 12.4. The Bertz CT molecular complexity index is 724. The third-order valence-corrected chi connectivity index (χ3v) is 5.14. The number of nitrogens with zero attached hydrogens (tertiary/aromatic N) is 1. The molecular formula is C18H19BrN2O3. The van der Waals surface area contributed by atoms with Gasteiger partial charge in [0.15, 0.2) is 11.5 Å². The molecule has 1 aromatic rings. The second-order valence-corrected chi connectivity index (χ2v) is 7.10. The standard InChI is InChI=1S/C18H19BrN2O3/c1-11-4-2-3-5-15(11)21-18(22)13(9-20)6-12-7-14(19)17-16(8-12)23-10-24-17/h6-8,11,15H,2-5,10H2,1H3,(H,21,22)/b13-6-/t11-,15+/m0/s1. The second kappa shape index (κ2) is 7.27. The van der Waals surface area contributed by atoms with Gasteiger partial charge in [0, 0.05) is 6.04 Å². The lowest BCUT2D eigenvalue weighted by Crippen LogP contribution is -2.41. The maximum absolute atomic E-state index is 12.4. The molecular weight excluding hydrogens is 372 g/mol. The van der Waals surface area contributed by atoms with E-state index >= 15 is 0 Å². The lowest BCUT2D eigenvalue weighted by atomic mass is 9.86. The van der Waals surface area contributed by atoms with Gasteiger partial charge in [0.25, 0.3) is 5.91 Å². The van der Waals surface area contributed by atoms with Crippen molar-refractivity contribution in [2.24, 2.45) is 5.92 Å². The minimum atomic E-state index is -0.315. The Morgan fingerprint density at radius 2 is 2.17 bits per heavy atom. The number of nitriles is 1. The van der Waals surface area contributed by atoms with Gasteiger partial charge < -0.3 is 14.8 Å². The van der Waals surface area contributed by atoms with Crippen LogP contribution in [-0.2, 0) is 4.79 Å². The number of benzene rings is 1. The zero-order valence-corrected chi connectivity index (χ0v) is 15.1. The van der Waals surface area contributed by atoms with Gasteiger partial charge in [-0.2, -0.15) is 5.26 Å². The maximum Gasteiger partial charge on any atom is 0.262 e. The number of hydrogen-bond acceptors (Lipinski definition) is 4. The van der Waals surface area contributed by atoms with Crippen molar-refractivity contribution in [2.45, 2.75) is 38.6 Å². The molecule has 5 nitrogen and oxygen atoms in total. The molecule has 126 valence electrons. The van der Waals surface area contributed by atoms with Crippen LogP contribution >= 0.6 is 15.9 Å². The molecule has 1 heterocycles. The molecule has 0 bridgehead atoms. The van der Waals surface area contributed by atoms with Crippen molar-refractivity contribution in [1.82, 2.24) is 5.32 Å². The van der Waals surface area contributed by atoms with Gasteiger partial charge >= 0.3 is 0 Å². The highest BCUT2D eigenvalue weighted by atomic mass is 79.9. The van der Waals surface area contributed by atoms with Crippen LogP contribution in [0.5, 0.6) is 11.5 Å². The Balaban J connectivity index is 1.78.